The lowest BCUT2D eigenvalue weighted by Gasteiger charge is -2.16. The molecule has 0 saturated carbocycles. The van der Waals surface area contributed by atoms with E-state index in [0.29, 0.717) is 5.69 Å². The van der Waals surface area contributed by atoms with Gasteiger partial charge in [-0.25, -0.2) is 13.4 Å². The van der Waals surface area contributed by atoms with Gasteiger partial charge in [-0.3, -0.25) is 0 Å². The Morgan fingerprint density at radius 2 is 1.94 bits per heavy atom. The molecule has 17 heavy (non-hydrogen) atoms. The number of rotatable bonds is 4. The Kier molecular flexibility index (Phi) is 3.97. The third-order valence-electron chi connectivity index (χ3n) is 2.14. The molecule has 1 aromatic carbocycles. The first-order valence-electron chi connectivity index (χ1n) is 4.92. The second-order valence-electron chi connectivity index (χ2n) is 3.85. The number of nitrogens with one attached hydrogen (secondary N) is 1. The van der Waals surface area contributed by atoms with Gasteiger partial charge in [-0.05, 0) is 24.6 Å². The highest BCUT2D eigenvalue weighted by Crippen LogP contribution is 2.28. The first-order valence-corrected chi connectivity index (χ1v) is 6.40. The molecular weight excluding hydrogens is 242 g/mol. The number of hydrazine groups is 1. The highest BCUT2D eigenvalue weighted by molar-refractivity contribution is 7.89. The summed E-state index contributed by atoms with van der Waals surface area (Å²) >= 11 is 0. The van der Waals surface area contributed by atoms with Crippen LogP contribution in [0.5, 0.6) is 5.75 Å². The topological polar surface area (TPSA) is 84.7 Å². The molecule has 0 unspecified atom stereocenters. The Labute approximate surface area is 101 Å². The van der Waals surface area contributed by atoms with Crippen LogP contribution in [0.25, 0.3) is 0 Å². The number of nitrogen functional groups attached to an aromatic ring is 1. The molecule has 6 nitrogen and oxygen atoms in total. The van der Waals surface area contributed by atoms with E-state index in [1.165, 1.54) is 18.2 Å². The first kappa shape index (κ1) is 13.8. The number of hydrogen-bond donors (Lipinski definition) is 2. The molecule has 0 spiro atoms. The summed E-state index contributed by atoms with van der Waals surface area (Å²) in [6.45, 7) is 1.79. The molecule has 0 amide bonds. The van der Waals surface area contributed by atoms with Crippen molar-refractivity contribution in [2.75, 3.05) is 26.9 Å². The molecule has 0 aliphatic heterocycles. The molecule has 1 rings (SSSR count). The van der Waals surface area contributed by atoms with Gasteiger partial charge in [0.05, 0.1) is 7.11 Å². The quantitative estimate of drug-likeness (QED) is 0.601. The summed E-state index contributed by atoms with van der Waals surface area (Å²) in [7, 11) is 0.915. The number of aryl methyl sites for hydroxylation is 1. The smallest absolute Gasteiger partial charge is 0.257 e. The van der Waals surface area contributed by atoms with Crippen LogP contribution in [-0.4, -0.2) is 34.6 Å². The summed E-state index contributed by atoms with van der Waals surface area (Å²) in [6.07, 6.45) is 0. The number of nitrogens with zero attached hydrogens (tertiary/aromatic N) is 1. The highest BCUT2D eigenvalue weighted by Gasteiger charge is 2.21. The van der Waals surface area contributed by atoms with E-state index < -0.39 is 10.0 Å². The van der Waals surface area contributed by atoms with Crippen LogP contribution in [0.4, 0.5) is 5.69 Å². The van der Waals surface area contributed by atoms with Gasteiger partial charge in [0, 0.05) is 19.8 Å². The van der Waals surface area contributed by atoms with E-state index in [1.807, 2.05) is 0 Å². The summed E-state index contributed by atoms with van der Waals surface area (Å²) < 4.78 is 29.1. The van der Waals surface area contributed by atoms with Crippen molar-refractivity contribution in [3.63, 3.8) is 0 Å². The third kappa shape index (κ3) is 3.09. The van der Waals surface area contributed by atoms with Crippen molar-refractivity contribution in [1.82, 2.24) is 9.84 Å². The molecule has 96 valence electrons. The van der Waals surface area contributed by atoms with E-state index in [9.17, 15) is 8.42 Å². The van der Waals surface area contributed by atoms with Gasteiger partial charge >= 0.3 is 0 Å². The number of methoxy groups -OCH3 is 1. The number of sulfonamides is 1. The standard InChI is InChI=1S/C10H17N3O3S/c1-7-5-9(16-4)10(6-8(7)11)17(14,15)12-13(2)3/h5-6,12H,11H2,1-4H3. The van der Waals surface area contributed by atoms with E-state index in [-0.39, 0.29) is 10.6 Å². The average Bonchev–Trinajstić information content (AvgIpc) is 2.19. The van der Waals surface area contributed by atoms with Gasteiger partial charge in [0.25, 0.3) is 10.0 Å². The maximum absolute atomic E-state index is 12.0. The van der Waals surface area contributed by atoms with Crippen LogP contribution in [0, 0.1) is 6.92 Å². The minimum atomic E-state index is -3.67. The lowest BCUT2D eigenvalue weighted by atomic mass is 10.2. The SMILES string of the molecule is COc1cc(C)c(N)cc1S(=O)(=O)NN(C)C. The van der Waals surface area contributed by atoms with Crippen molar-refractivity contribution in [2.45, 2.75) is 11.8 Å². The van der Waals surface area contributed by atoms with E-state index in [1.54, 1.807) is 27.1 Å². The van der Waals surface area contributed by atoms with Crippen molar-refractivity contribution < 1.29 is 13.2 Å². The van der Waals surface area contributed by atoms with Crippen molar-refractivity contribution in [2.24, 2.45) is 0 Å². The monoisotopic (exact) mass is 259 g/mol. The summed E-state index contributed by atoms with van der Waals surface area (Å²) in [5.41, 5.74) is 6.89. The predicted octanol–water partition coefficient (Wildman–Crippen LogP) is 0.341. The zero-order valence-corrected chi connectivity index (χ0v) is 11.1. The van der Waals surface area contributed by atoms with Crippen LogP contribution < -0.4 is 15.3 Å². The molecule has 0 atom stereocenters. The zero-order valence-electron chi connectivity index (χ0n) is 10.3. The summed E-state index contributed by atoms with van der Waals surface area (Å²) in [6, 6.07) is 2.99. The van der Waals surface area contributed by atoms with Crippen LogP contribution in [0.3, 0.4) is 0 Å². The molecule has 7 heteroatoms. The van der Waals surface area contributed by atoms with Gasteiger partial charge in [-0.2, -0.15) is 0 Å². The van der Waals surface area contributed by atoms with Gasteiger partial charge in [0.15, 0.2) is 0 Å². The number of nitrogens with two attached hydrogens (primary N) is 1. The van der Waals surface area contributed by atoms with E-state index in [4.69, 9.17) is 10.5 Å². The third-order valence-corrected chi connectivity index (χ3v) is 3.65. The Bertz CT molecular complexity index is 512. The van der Waals surface area contributed by atoms with Crippen LogP contribution in [0.2, 0.25) is 0 Å². The minimum Gasteiger partial charge on any atom is -0.495 e. The fourth-order valence-corrected chi connectivity index (χ4v) is 2.60. The molecular formula is C10H17N3O3S. The Hall–Kier alpha value is -1.31. The van der Waals surface area contributed by atoms with Gasteiger partial charge in [-0.15, -0.1) is 4.83 Å². The zero-order chi connectivity index (χ0) is 13.2. The van der Waals surface area contributed by atoms with Crippen molar-refractivity contribution in [1.29, 1.82) is 0 Å². The van der Waals surface area contributed by atoms with Crippen LogP contribution >= 0.6 is 0 Å². The minimum absolute atomic E-state index is 0.0248. The van der Waals surface area contributed by atoms with Crippen molar-refractivity contribution >= 4 is 15.7 Å². The largest absolute Gasteiger partial charge is 0.495 e. The highest BCUT2D eigenvalue weighted by atomic mass is 32.2. The van der Waals surface area contributed by atoms with Crippen molar-refractivity contribution in [3.05, 3.63) is 17.7 Å². The molecule has 0 saturated heterocycles. The number of hydrogen-bond acceptors (Lipinski definition) is 5. The van der Waals surface area contributed by atoms with E-state index in [0.717, 1.165) is 5.56 Å². The summed E-state index contributed by atoms with van der Waals surface area (Å²) in [5.74, 6) is 0.269. The molecule has 1 aromatic rings. The maximum Gasteiger partial charge on any atom is 0.257 e. The lowest BCUT2D eigenvalue weighted by Crippen LogP contribution is -2.36. The Morgan fingerprint density at radius 3 is 2.41 bits per heavy atom. The predicted molar refractivity (Wildman–Crippen MR) is 66.2 cm³/mol. The molecule has 0 bridgehead atoms. The molecule has 0 aromatic heterocycles. The summed E-state index contributed by atoms with van der Waals surface area (Å²) in [5, 5.41) is 1.34. The fourth-order valence-electron chi connectivity index (χ4n) is 1.34. The second kappa shape index (κ2) is 4.91. The van der Waals surface area contributed by atoms with E-state index in [2.05, 4.69) is 4.83 Å². The average molecular weight is 259 g/mol. The van der Waals surface area contributed by atoms with Gasteiger partial charge in [0.2, 0.25) is 0 Å². The molecule has 0 heterocycles. The number of anilines is 1. The maximum atomic E-state index is 12.0. The molecule has 0 fully saturated rings. The fraction of sp³-hybridized carbons (Fsp3) is 0.400. The lowest BCUT2D eigenvalue weighted by molar-refractivity contribution is 0.360. The van der Waals surface area contributed by atoms with Crippen molar-refractivity contribution in [3.8, 4) is 5.75 Å². The Balaban J connectivity index is 3.35. The van der Waals surface area contributed by atoms with Crippen LogP contribution in [0.15, 0.2) is 17.0 Å². The Morgan fingerprint density at radius 1 is 1.35 bits per heavy atom. The van der Waals surface area contributed by atoms with Gasteiger partial charge < -0.3 is 10.5 Å². The first-order chi connectivity index (χ1) is 7.77. The van der Waals surface area contributed by atoms with Gasteiger partial charge in [0.1, 0.15) is 10.6 Å². The van der Waals surface area contributed by atoms with Crippen LogP contribution in [0.1, 0.15) is 5.56 Å². The molecule has 0 aliphatic rings. The molecule has 0 aliphatic carbocycles. The normalized spacial score (nSPS) is 11.8. The summed E-state index contributed by atoms with van der Waals surface area (Å²) in [4.78, 5) is 2.35. The molecule has 3 N–H and O–H groups in total. The molecule has 0 radical (unpaired) electrons. The number of benzene rings is 1. The second-order valence-corrected chi connectivity index (χ2v) is 5.48. The van der Waals surface area contributed by atoms with E-state index >= 15 is 0 Å². The van der Waals surface area contributed by atoms with Crippen LogP contribution in [-0.2, 0) is 10.0 Å². The number of ether oxygens (including phenoxy) is 1. The van der Waals surface area contributed by atoms with Gasteiger partial charge in [-0.1, -0.05) is 0 Å².